The number of likely N-dealkylation sites (tertiary alicyclic amines) is 1. The van der Waals surface area contributed by atoms with Crippen LogP contribution < -0.4 is 0 Å². The first-order valence-electron chi connectivity index (χ1n) is 7.12. The van der Waals surface area contributed by atoms with E-state index >= 15 is 0 Å². The maximum Gasteiger partial charge on any atom is 0.276 e. The van der Waals surface area contributed by atoms with Crippen LogP contribution in [0.2, 0.25) is 0 Å². The normalized spacial score (nSPS) is 27.9. The van der Waals surface area contributed by atoms with E-state index in [2.05, 4.69) is 5.16 Å². The lowest BCUT2D eigenvalue weighted by Gasteiger charge is -2.47. The van der Waals surface area contributed by atoms with E-state index in [1.807, 2.05) is 22.7 Å². The Morgan fingerprint density at radius 3 is 3.00 bits per heavy atom. The second-order valence-electron chi connectivity index (χ2n) is 6.11. The number of rotatable bonds is 3. The molecule has 0 aromatic carbocycles. The summed E-state index contributed by atoms with van der Waals surface area (Å²) < 4.78 is 10.9. The van der Waals surface area contributed by atoms with Crippen LogP contribution in [0.3, 0.4) is 0 Å². The van der Waals surface area contributed by atoms with Crippen molar-refractivity contribution >= 4 is 17.7 Å². The summed E-state index contributed by atoms with van der Waals surface area (Å²) in [7, 11) is 1.76. The van der Waals surface area contributed by atoms with Crippen LogP contribution in [0.4, 0.5) is 0 Å². The molecule has 0 N–H and O–H groups in total. The average Bonchev–Trinajstić information content (AvgIpc) is 3.01. The Hall–Kier alpha value is -1.01. The van der Waals surface area contributed by atoms with Gasteiger partial charge in [-0.2, -0.15) is 0 Å². The van der Waals surface area contributed by atoms with Gasteiger partial charge in [-0.15, -0.1) is 11.8 Å². The minimum atomic E-state index is 0.00717. The zero-order chi connectivity index (χ0) is 13.7. The number of ether oxygens (including phenoxy) is 1. The number of hydrogen-bond donors (Lipinski definition) is 0. The lowest BCUT2D eigenvalue weighted by Crippen LogP contribution is -2.60. The van der Waals surface area contributed by atoms with Crippen LogP contribution in [-0.2, 0) is 4.74 Å². The molecule has 0 unspecified atom stereocenters. The topological polar surface area (TPSA) is 55.6 Å². The summed E-state index contributed by atoms with van der Waals surface area (Å²) in [5.41, 5.74) is 0.466. The van der Waals surface area contributed by atoms with Crippen molar-refractivity contribution in [3.63, 3.8) is 0 Å². The van der Waals surface area contributed by atoms with E-state index in [9.17, 15) is 4.79 Å². The fraction of sp³-hybridized carbons (Fsp3) is 0.714. The number of aromatic nitrogens is 1. The van der Waals surface area contributed by atoms with Gasteiger partial charge in [0.1, 0.15) is 5.76 Å². The summed E-state index contributed by atoms with van der Waals surface area (Å²) in [6.45, 7) is 1.62. The van der Waals surface area contributed by atoms with E-state index in [-0.39, 0.29) is 10.7 Å². The molecule has 3 aliphatic rings. The molecule has 6 heteroatoms. The molecule has 108 valence electrons. The predicted molar refractivity (Wildman–Crippen MR) is 75.0 cm³/mol. The molecule has 20 heavy (non-hydrogen) atoms. The highest BCUT2D eigenvalue weighted by atomic mass is 32.2. The van der Waals surface area contributed by atoms with Crippen molar-refractivity contribution in [3.05, 3.63) is 17.5 Å². The largest absolute Gasteiger partial charge is 0.381 e. The van der Waals surface area contributed by atoms with Crippen molar-refractivity contribution in [2.45, 2.75) is 36.0 Å². The summed E-state index contributed by atoms with van der Waals surface area (Å²) >= 11 is 1.94. The number of thioether (sulfide) groups is 1. The van der Waals surface area contributed by atoms with E-state index in [1.165, 1.54) is 0 Å². The zero-order valence-electron chi connectivity index (χ0n) is 11.5. The standard InChI is InChI=1S/C14H18N2O3S/c1-18-10-5-14(20-6-10)7-16(8-14)13(17)11-4-12(19-15-11)9-2-3-9/h4,9-10H,2-3,5-8H2,1H3/t10-/m1/s1. The highest BCUT2D eigenvalue weighted by molar-refractivity contribution is 8.01. The number of methoxy groups -OCH3 is 1. The van der Waals surface area contributed by atoms with Crippen molar-refractivity contribution in [3.8, 4) is 0 Å². The third-order valence-corrected chi connectivity index (χ3v) is 6.06. The maximum absolute atomic E-state index is 12.3. The summed E-state index contributed by atoms with van der Waals surface area (Å²) in [6, 6.07) is 1.82. The molecule has 0 bridgehead atoms. The molecule has 1 amide bonds. The molecule has 0 radical (unpaired) electrons. The molecule has 1 aromatic rings. The number of nitrogens with zero attached hydrogens (tertiary/aromatic N) is 2. The SMILES string of the molecule is CO[C@H]1CSC2(C1)CN(C(=O)c1cc(C3CC3)on1)C2. The van der Waals surface area contributed by atoms with Gasteiger partial charge in [-0.1, -0.05) is 5.16 Å². The Labute approximate surface area is 122 Å². The Morgan fingerprint density at radius 1 is 1.55 bits per heavy atom. The average molecular weight is 294 g/mol. The van der Waals surface area contributed by atoms with Crippen LogP contribution in [-0.4, -0.2) is 52.8 Å². The minimum absolute atomic E-state index is 0.00717. The third kappa shape index (κ3) is 2.05. The van der Waals surface area contributed by atoms with Crippen molar-refractivity contribution in [2.75, 3.05) is 26.0 Å². The summed E-state index contributed by atoms with van der Waals surface area (Å²) in [6.07, 6.45) is 3.70. The molecule has 1 aliphatic carbocycles. The van der Waals surface area contributed by atoms with Gasteiger partial charge in [-0.25, -0.2) is 0 Å². The molecule has 1 aromatic heterocycles. The van der Waals surface area contributed by atoms with Gasteiger partial charge in [0.25, 0.3) is 5.91 Å². The van der Waals surface area contributed by atoms with Gasteiger partial charge in [-0.05, 0) is 19.3 Å². The van der Waals surface area contributed by atoms with Gasteiger partial charge in [0.2, 0.25) is 0 Å². The van der Waals surface area contributed by atoms with Crippen molar-refractivity contribution in [1.29, 1.82) is 0 Å². The van der Waals surface area contributed by atoms with Gasteiger partial charge in [0.05, 0.1) is 10.9 Å². The second-order valence-corrected chi connectivity index (χ2v) is 7.59. The second kappa shape index (κ2) is 4.49. The summed E-state index contributed by atoms with van der Waals surface area (Å²) in [5, 5.41) is 3.93. The quantitative estimate of drug-likeness (QED) is 0.852. The Balaban J connectivity index is 1.38. The smallest absolute Gasteiger partial charge is 0.276 e. The Bertz CT molecular complexity index is 534. The first-order valence-corrected chi connectivity index (χ1v) is 8.10. The molecule has 1 atom stereocenters. The highest BCUT2D eigenvalue weighted by Crippen LogP contribution is 2.46. The number of carbonyl (C=O) groups excluding carboxylic acids is 1. The molecule has 3 heterocycles. The Morgan fingerprint density at radius 2 is 2.35 bits per heavy atom. The molecule has 5 nitrogen and oxygen atoms in total. The third-order valence-electron chi connectivity index (χ3n) is 4.48. The minimum Gasteiger partial charge on any atom is -0.381 e. The highest BCUT2D eigenvalue weighted by Gasteiger charge is 2.51. The fourth-order valence-corrected chi connectivity index (χ4v) is 4.67. The van der Waals surface area contributed by atoms with E-state index in [0.29, 0.717) is 17.7 Å². The van der Waals surface area contributed by atoms with Crippen LogP contribution >= 0.6 is 11.8 Å². The van der Waals surface area contributed by atoms with Crippen molar-refractivity contribution < 1.29 is 14.1 Å². The van der Waals surface area contributed by atoms with Crippen molar-refractivity contribution in [2.24, 2.45) is 0 Å². The fourth-order valence-electron chi connectivity index (χ4n) is 3.08. The molecule has 4 rings (SSSR count). The van der Waals surface area contributed by atoms with Crippen LogP contribution in [0.15, 0.2) is 10.6 Å². The molecule has 2 saturated heterocycles. The Kier molecular flexibility index (Phi) is 2.86. The van der Waals surface area contributed by atoms with Crippen LogP contribution in [0.5, 0.6) is 0 Å². The zero-order valence-corrected chi connectivity index (χ0v) is 12.3. The van der Waals surface area contributed by atoms with Gasteiger partial charge >= 0.3 is 0 Å². The first kappa shape index (κ1) is 12.7. The van der Waals surface area contributed by atoms with Crippen LogP contribution in [0.1, 0.15) is 41.4 Å². The van der Waals surface area contributed by atoms with Gasteiger partial charge < -0.3 is 14.2 Å². The number of carbonyl (C=O) groups is 1. The molecular weight excluding hydrogens is 276 g/mol. The summed E-state index contributed by atoms with van der Waals surface area (Å²) in [4.78, 5) is 14.2. The van der Waals surface area contributed by atoms with Gasteiger partial charge in [0.15, 0.2) is 5.69 Å². The lowest BCUT2D eigenvalue weighted by molar-refractivity contribution is 0.0443. The molecule has 2 aliphatic heterocycles. The number of amides is 1. The number of hydrogen-bond acceptors (Lipinski definition) is 5. The van der Waals surface area contributed by atoms with E-state index in [4.69, 9.17) is 9.26 Å². The molecular formula is C14H18N2O3S. The monoisotopic (exact) mass is 294 g/mol. The summed E-state index contributed by atoms with van der Waals surface area (Å²) in [5.74, 6) is 2.42. The predicted octanol–water partition coefficient (Wildman–Crippen LogP) is 1.90. The van der Waals surface area contributed by atoms with E-state index in [1.54, 1.807) is 7.11 Å². The van der Waals surface area contributed by atoms with Crippen LogP contribution in [0.25, 0.3) is 0 Å². The van der Waals surface area contributed by atoms with Crippen molar-refractivity contribution in [1.82, 2.24) is 10.1 Å². The molecule has 3 fully saturated rings. The first-order chi connectivity index (χ1) is 9.69. The molecule has 1 spiro atoms. The maximum atomic E-state index is 12.3. The van der Waals surface area contributed by atoms with Gasteiger partial charge in [0, 0.05) is 37.9 Å². The lowest BCUT2D eigenvalue weighted by atomic mass is 9.92. The van der Waals surface area contributed by atoms with E-state index in [0.717, 1.165) is 43.9 Å². The van der Waals surface area contributed by atoms with E-state index < -0.39 is 0 Å². The van der Waals surface area contributed by atoms with Crippen LogP contribution in [0, 0.1) is 0 Å². The van der Waals surface area contributed by atoms with Gasteiger partial charge in [-0.3, -0.25) is 4.79 Å². The molecule has 1 saturated carbocycles.